The molecule has 2 fully saturated rings. The highest BCUT2D eigenvalue weighted by atomic mass is 15.3. The molecule has 2 aliphatic carbocycles. The Kier molecular flexibility index (Phi) is 2.54. The van der Waals surface area contributed by atoms with Crippen LogP contribution in [0.2, 0.25) is 0 Å². The normalized spacial score (nSPS) is 19.6. The van der Waals surface area contributed by atoms with Gasteiger partial charge in [-0.2, -0.15) is 0 Å². The van der Waals surface area contributed by atoms with E-state index in [0.717, 1.165) is 30.2 Å². The Hall–Kier alpha value is -1.94. The molecule has 0 saturated heterocycles. The van der Waals surface area contributed by atoms with E-state index in [1.165, 1.54) is 18.4 Å². The van der Waals surface area contributed by atoms with Crippen molar-refractivity contribution in [3.63, 3.8) is 0 Å². The highest BCUT2D eigenvalue weighted by molar-refractivity contribution is 5.44. The van der Waals surface area contributed by atoms with Crippen LogP contribution in [0, 0.1) is 0 Å². The highest BCUT2D eigenvalue weighted by Crippen LogP contribution is 2.52. The van der Waals surface area contributed by atoms with E-state index in [1.807, 2.05) is 12.1 Å². The molecule has 102 valence electrons. The Morgan fingerprint density at radius 1 is 1.10 bits per heavy atom. The molecule has 1 aromatic heterocycles. The summed E-state index contributed by atoms with van der Waals surface area (Å²) in [6.45, 7) is 0. The van der Waals surface area contributed by atoms with E-state index in [1.54, 1.807) is 0 Å². The zero-order valence-electron chi connectivity index (χ0n) is 11.3. The molecular weight excluding hydrogens is 248 g/mol. The first-order valence-corrected chi connectivity index (χ1v) is 7.23. The molecule has 4 nitrogen and oxygen atoms in total. The Bertz CT molecular complexity index is 630. The lowest BCUT2D eigenvalue weighted by Gasteiger charge is -2.16. The Morgan fingerprint density at radius 2 is 1.85 bits per heavy atom. The molecule has 1 aromatic carbocycles. The number of benzene rings is 1. The largest absolute Gasteiger partial charge is 0.308 e. The first kappa shape index (κ1) is 11.9. The van der Waals surface area contributed by atoms with Crippen molar-refractivity contribution in [2.24, 2.45) is 5.84 Å². The quantitative estimate of drug-likeness (QED) is 0.659. The van der Waals surface area contributed by atoms with Crippen molar-refractivity contribution < 1.29 is 0 Å². The number of nitrogens with zero attached hydrogens (tertiary/aromatic N) is 2. The molecule has 0 bridgehead atoms. The maximum atomic E-state index is 5.57. The summed E-state index contributed by atoms with van der Waals surface area (Å²) in [5.41, 5.74) is 5.16. The highest BCUT2D eigenvalue weighted by Gasteiger charge is 2.49. The first-order valence-electron chi connectivity index (χ1n) is 7.23. The van der Waals surface area contributed by atoms with Gasteiger partial charge in [0, 0.05) is 17.7 Å². The molecule has 0 amide bonds. The van der Waals surface area contributed by atoms with Crippen LogP contribution in [0.3, 0.4) is 0 Å². The summed E-state index contributed by atoms with van der Waals surface area (Å²) >= 11 is 0. The maximum absolute atomic E-state index is 5.57. The third-order valence-electron chi connectivity index (χ3n) is 4.39. The maximum Gasteiger partial charge on any atom is 0.143 e. The third-order valence-corrected chi connectivity index (χ3v) is 4.39. The number of nitrogen functional groups attached to an aromatic ring is 1. The number of anilines is 1. The lowest BCUT2D eigenvalue weighted by molar-refractivity contribution is 0.740. The summed E-state index contributed by atoms with van der Waals surface area (Å²) in [5, 5.41) is 0. The summed E-state index contributed by atoms with van der Waals surface area (Å²) in [6, 6.07) is 12.6. The summed E-state index contributed by atoms with van der Waals surface area (Å²) in [5.74, 6) is 7.84. The zero-order chi connectivity index (χ0) is 13.6. The van der Waals surface area contributed by atoms with E-state index in [9.17, 15) is 0 Å². The minimum atomic E-state index is 0.0117. The third kappa shape index (κ3) is 1.88. The van der Waals surface area contributed by atoms with Crippen molar-refractivity contribution in [2.45, 2.75) is 37.0 Å². The van der Waals surface area contributed by atoms with E-state index < -0.39 is 0 Å². The van der Waals surface area contributed by atoms with Crippen LogP contribution in [0.15, 0.2) is 36.4 Å². The predicted molar refractivity (Wildman–Crippen MR) is 78.3 cm³/mol. The molecule has 4 rings (SSSR count). The van der Waals surface area contributed by atoms with Gasteiger partial charge >= 0.3 is 0 Å². The number of hydrogen-bond acceptors (Lipinski definition) is 4. The minimum absolute atomic E-state index is 0.0117. The fraction of sp³-hybridized carbons (Fsp3) is 0.375. The number of hydrazine groups is 1. The lowest BCUT2D eigenvalue weighted by atomic mass is 9.95. The topological polar surface area (TPSA) is 63.8 Å². The second kappa shape index (κ2) is 4.28. The van der Waals surface area contributed by atoms with Gasteiger partial charge in [-0.15, -0.1) is 0 Å². The number of nitrogens with two attached hydrogens (primary N) is 1. The van der Waals surface area contributed by atoms with Crippen LogP contribution in [-0.2, 0) is 5.41 Å². The van der Waals surface area contributed by atoms with E-state index in [0.29, 0.717) is 5.92 Å². The second-order valence-corrected chi connectivity index (χ2v) is 5.87. The van der Waals surface area contributed by atoms with Crippen LogP contribution in [0.5, 0.6) is 0 Å². The average molecular weight is 266 g/mol. The zero-order valence-corrected chi connectivity index (χ0v) is 11.3. The van der Waals surface area contributed by atoms with Gasteiger partial charge in [0.15, 0.2) is 0 Å². The number of hydrogen-bond donors (Lipinski definition) is 2. The van der Waals surface area contributed by atoms with Gasteiger partial charge in [0.05, 0.1) is 5.41 Å². The van der Waals surface area contributed by atoms with Gasteiger partial charge in [0.1, 0.15) is 11.6 Å². The van der Waals surface area contributed by atoms with E-state index in [4.69, 9.17) is 10.8 Å². The molecule has 0 atom stereocenters. The second-order valence-electron chi connectivity index (χ2n) is 5.87. The van der Waals surface area contributed by atoms with Crippen molar-refractivity contribution in [2.75, 3.05) is 5.43 Å². The average Bonchev–Trinajstić information content (AvgIpc) is 3.41. The number of rotatable bonds is 4. The van der Waals surface area contributed by atoms with E-state index in [-0.39, 0.29) is 5.41 Å². The van der Waals surface area contributed by atoms with Crippen LogP contribution in [0.1, 0.15) is 48.7 Å². The molecule has 20 heavy (non-hydrogen) atoms. The molecule has 2 aromatic rings. The van der Waals surface area contributed by atoms with Gasteiger partial charge in [0.2, 0.25) is 0 Å². The predicted octanol–water partition coefficient (Wildman–Crippen LogP) is 2.72. The van der Waals surface area contributed by atoms with Crippen LogP contribution < -0.4 is 11.3 Å². The van der Waals surface area contributed by atoms with Gasteiger partial charge < -0.3 is 5.43 Å². The van der Waals surface area contributed by atoms with E-state index in [2.05, 4.69) is 34.7 Å². The first-order chi connectivity index (χ1) is 9.82. The Morgan fingerprint density at radius 3 is 2.45 bits per heavy atom. The fourth-order valence-corrected chi connectivity index (χ4v) is 2.87. The monoisotopic (exact) mass is 266 g/mol. The molecule has 0 unspecified atom stereocenters. The summed E-state index contributed by atoms with van der Waals surface area (Å²) in [6.07, 6.45) is 4.71. The SMILES string of the molecule is NNc1cc(C2CC2)nc(C2(c3ccccc3)CC2)n1. The molecule has 4 heteroatoms. The van der Waals surface area contributed by atoms with Crippen molar-refractivity contribution in [3.8, 4) is 0 Å². The van der Waals surface area contributed by atoms with E-state index >= 15 is 0 Å². The van der Waals surface area contributed by atoms with Gasteiger partial charge in [-0.3, -0.25) is 0 Å². The summed E-state index contributed by atoms with van der Waals surface area (Å²) < 4.78 is 0. The van der Waals surface area contributed by atoms with Gasteiger partial charge in [-0.1, -0.05) is 30.3 Å². The van der Waals surface area contributed by atoms with Gasteiger partial charge in [0.25, 0.3) is 0 Å². The molecule has 2 saturated carbocycles. The Balaban J connectivity index is 1.80. The Labute approximate surface area is 118 Å². The smallest absolute Gasteiger partial charge is 0.143 e. The lowest BCUT2D eigenvalue weighted by Crippen LogP contribution is -2.18. The molecular formula is C16H18N4. The van der Waals surface area contributed by atoms with Crippen molar-refractivity contribution in [1.29, 1.82) is 0 Å². The summed E-state index contributed by atoms with van der Waals surface area (Å²) in [4.78, 5) is 9.47. The minimum Gasteiger partial charge on any atom is -0.308 e. The molecule has 2 aliphatic rings. The van der Waals surface area contributed by atoms with Crippen LogP contribution in [0.25, 0.3) is 0 Å². The molecule has 1 heterocycles. The fourth-order valence-electron chi connectivity index (χ4n) is 2.87. The van der Waals surface area contributed by atoms with Crippen LogP contribution in [-0.4, -0.2) is 9.97 Å². The number of aromatic nitrogens is 2. The molecule has 0 aliphatic heterocycles. The molecule has 0 radical (unpaired) electrons. The van der Waals surface area contributed by atoms with Gasteiger partial charge in [-0.25, -0.2) is 15.8 Å². The van der Waals surface area contributed by atoms with Crippen LogP contribution >= 0.6 is 0 Å². The van der Waals surface area contributed by atoms with Gasteiger partial charge in [-0.05, 0) is 31.2 Å². The van der Waals surface area contributed by atoms with Crippen molar-refractivity contribution >= 4 is 5.82 Å². The van der Waals surface area contributed by atoms with Crippen molar-refractivity contribution in [1.82, 2.24) is 9.97 Å². The molecule has 3 N–H and O–H groups in total. The summed E-state index contributed by atoms with van der Waals surface area (Å²) in [7, 11) is 0. The standard InChI is InChI=1S/C16H18N4/c17-20-14-10-13(11-6-7-11)18-15(19-14)16(8-9-16)12-4-2-1-3-5-12/h1-5,10-11H,6-9,17H2,(H,18,19,20). The molecule has 0 spiro atoms. The van der Waals surface area contributed by atoms with Crippen LogP contribution in [0.4, 0.5) is 5.82 Å². The number of nitrogens with one attached hydrogen (secondary N) is 1. The van der Waals surface area contributed by atoms with Crippen molar-refractivity contribution in [3.05, 3.63) is 53.5 Å².